The Morgan fingerprint density at radius 2 is 1.74 bits per heavy atom. The van der Waals surface area contributed by atoms with E-state index >= 15 is 0 Å². The first-order chi connectivity index (χ1) is 15.2. The van der Waals surface area contributed by atoms with Crippen molar-refractivity contribution in [1.29, 1.82) is 0 Å². The smallest absolute Gasteiger partial charge is 0.212 e. The molecule has 6 nitrogen and oxygen atoms in total. The third-order valence-corrected chi connectivity index (χ3v) is 6.04. The first-order valence-electron chi connectivity index (χ1n) is 10.7. The number of hydrogen-bond donors (Lipinski definition) is 2. The predicted molar refractivity (Wildman–Crippen MR) is 122 cm³/mol. The van der Waals surface area contributed by atoms with Crippen molar-refractivity contribution >= 4 is 11.0 Å². The van der Waals surface area contributed by atoms with Gasteiger partial charge in [-0.2, -0.15) is 0 Å². The number of H-pyrrole nitrogens is 1. The molecule has 5 rings (SSSR count). The largest absolute Gasteiger partial charge is 0.481 e. The average Bonchev–Trinajstić information content (AvgIpc) is 3.24. The van der Waals surface area contributed by atoms with E-state index in [0.29, 0.717) is 5.88 Å². The molecule has 31 heavy (non-hydrogen) atoms. The highest BCUT2D eigenvalue weighted by Crippen LogP contribution is 2.31. The fourth-order valence-corrected chi connectivity index (χ4v) is 4.20. The highest BCUT2D eigenvalue weighted by molar-refractivity contribution is 5.95. The summed E-state index contributed by atoms with van der Waals surface area (Å²) in [6.45, 7) is 2.84. The number of methoxy groups -OCH3 is 1. The van der Waals surface area contributed by atoms with Crippen molar-refractivity contribution in [2.24, 2.45) is 0 Å². The van der Waals surface area contributed by atoms with Crippen LogP contribution in [0.1, 0.15) is 18.4 Å². The molecule has 4 heterocycles. The van der Waals surface area contributed by atoms with Crippen LogP contribution in [0.5, 0.6) is 5.88 Å². The number of likely N-dealkylation sites (tertiary alicyclic amines) is 1. The molecule has 0 bridgehead atoms. The Kier molecular flexibility index (Phi) is 5.40. The van der Waals surface area contributed by atoms with E-state index in [9.17, 15) is 5.11 Å². The summed E-state index contributed by atoms with van der Waals surface area (Å²) in [5.74, 6) is 0.600. The molecule has 0 unspecified atom stereocenters. The fraction of sp³-hybridized carbons (Fsp3) is 0.280. The van der Waals surface area contributed by atoms with Crippen LogP contribution in [0.25, 0.3) is 33.3 Å². The van der Waals surface area contributed by atoms with Gasteiger partial charge in [-0.3, -0.25) is 4.90 Å². The molecule has 0 amide bonds. The molecule has 1 aromatic carbocycles. The number of fused-ring (bicyclic) bond motifs is 1. The quantitative estimate of drug-likeness (QED) is 0.511. The van der Waals surface area contributed by atoms with Gasteiger partial charge in [0.1, 0.15) is 5.65 Å². The molecular formula is C25H26N4O2. The Morgan fingerprint density at radius 3 is 2.45 bits per heavy atom. The van der Waals surface area contributed by atoms with Crippen LogP contribution in [0.15, 0.2) is 61.1 Å². The zero-order valence-electron chi connectivity index (χ0n) is 17.6. The summed E-state index contributed by atoms with van der Waals surface area (Å²) in [5, 5.41) is 10.8. The molecular weight excluding hydrogens is 388 g/mol. The molecule has 3 aromatic heterocycles. The summed E-state index contributed by atoms with van der Waals surface area (Å²) < 4.78 is 5.17. The Balaban J connectivity index is 1.38. The molecule has 0 saturated carbocycles. The van der Waals surface area contributed by atoms with E-state index in [4.69, 9.17) is 4.74 Å². The second kappa shape index (κ2) is 8.49. The van der Waals surface area contributed by atoms with E-state index in [2.05, 4.69) is 50.2 Å². The van der Waals surface area contributed by atoms with E-state index in [1.807, 2.05) is 30.7 Å². The van der Waals surface area contributed by atoms with Gasteiger partial charge in [0.15, 0.2) is 0 Å². The number of nitrogens with zero attached hydrogens (tertiary/aromatic N) is 3. The van der Waals surface area contributed by atoms with Crippen LogP contribution in [0, 0.1) is 0 Å². The molecule has 158 valence electrons. The molecule has 1 aliphatic heterocycles. The van der Waals surface area contributed by atoms with E-state index in [1.165, 1.54) is 5.56 Å². The lowest BCUT2D eigenvalue weighted by Gasteiger charge is -2.29. The fourth-order valence-electron chi connectivity index (χ4n) is 4.20. The highest BCUT2D eigenvalue weighted by atomic mass is 16.5. The van der Waals surface area contributed by atoms with Crippen molar-refractivity contribution in [1.82, 2.24) is 19.9 Å². The van der Waals surface area contributed by atoms with Crippen molar-refractivity contribution < 1.29 is 9.84 Å². The number of benzene rings is 1. The summed E-state index contributed by atoms with van der Waals surface area (Å²) in [7, 11) is 1.62. The van der Waals surface area contributed by atoms with Gasteiger partial charge in [0.05, 0.1) is 13.2 Å². The van der Waals surface area contributed by atoms with Gasteiger partial charge >= 0.3 is 0 Å². The lowest BCUT2D eigenvalue weighted by Crippen LogP contribution is -2.35. The standard InChI is InChI=1S/C25H26N4O2/c1-31-24-7-6-19(13-26-24)23-15-28-25-22(23)12-20(14-27-25)18-4-2-17(3-5-18)16-29-10-8-21(30)9-11-29/h2-7,12-15,21,30H,8-11,16H2,1H3,(H,27,28). The number of rotatable bonds is 5. The Hall–Kier alpha value is -3.22. The summed E-state index contributed by atoms with van der Waals surface area (Å²) in [4.78, 5) is 14.6. The molecule has 2 N–H and O–H groups in total. The van der Waals surface area contributed by atoms with Crippen molar-refractivity contribution in [3.8, 4) is 28.1 Å². The maximum absolute atomic E-state index is 9.69. The number of ether oxygens (including phenoxy) is 1. The number of aliphatic hydroxyl groups excluding tert-OH is 1. The first kappa shape index (κ1) is 19.7. The van der Waals surface area contributed by atoms with Crippen LogP contribution in [-0.2, 0) is 6.54 Å². The Labute approximate surface area is 181 Å². The van der Waals surface area contributed by atoms with Crippen LogP contribution in [-0.4, -0.2) is 51.3 Å². The van der Waals surface area contributed by atoms with Crippen molar-refractivity contribution in [3.63, 3.8) is 0 Å². The van der Waals surface area contributed by atoms with Crippen LogP contribution < -0.4 is 4.74 Å². The zero-order chi connectivity index (χ0) is 21.2. The summed E-state index contributed by atoms with van der Waals surface area (Å²) in [6, 6.07) is 14.8. The van der Waals surface area contributed by atoms with E-state index < -0.39 is 0 Å². The van der Waals surface area contributed by atoms with Gasteiger partial charge in [0, 0.05) is 66.4 Å². The number of hydrogen-bond acceptors (Lipinski definition) is 5. The number of piperidine rings is 1. The van der Waals surface area contributed by atoms with E-state index in [0.717, 1.165) is 65.8 Å². The van der Waals surface area contributed by atoms with Crippen LogP contribution in [0.3, 0.4) is 0 Å². The predicted octanol–water partition coefficient (Wildman–Crippen LogP) is 4.26. The van der Waals surface area contributed by atoms with Gasteiger partial charge < -0.3 is 14.8 Å². The van der Waals surface area contributed by atoms with E-state index in [1.54, 1.807) is 7.11 Å². The molecule has 0 spiro atoms. The second-order valence-electron chi connectivity index (χ2n) is 8.12. The molecule has 1 saturated heterocycles. The molecule has 1 fully saturated rings. The average molecular weight is 415 g/mol. The lowest BCUT2D eigenvalue weighted by molar-refractivity contribution is 0.0792. The van der Waals surface area contributed by atoms with Crippen molar-refractivity contribution in [2.75, 3.05) is 20.2 Å². The number of nitrogens with one attached hydrogen (secondary N) is 1. The maximum atomic E-state index is 9.69. The monoisotopic (exact) mass is 414 g/mol. The minimum Gasteiger partial charge on any atom is -0.481 e. The second-order valence-corrected chi connectivity index (χ2v) is 8.12. The molecule has 1 aliphatic rings. The number of aromatic amines is 1. The topological polar surface area (TPSA) is 74.3 Å². The van der Waals surface area contributed by atoms with Gasteiger partial charge in [-0.1, -0.05) is 24.3 Å². The van der Waals surface area contributed by atoms with Gasteiger partial charge in [0.2, 0.25) is 5.88 Å². The summed E-state index contributed by atoms with van der Waals surface area (Å²) in [6.07, 6.45) is 7.31. The van der Waals surface area contributed by atoms with Crippen molar-refractivity contribution in [3.05, 3.63) is 66.6 Å². The third kappa shape index (κ3) is 4.17. The number of aromatic nitrogens is 3. The summed E-state index contributed by atoms with van der Waals surface area (Å²) in [5.41, 5.74) is 6.48. The van der Waals surface area contributed by atoms with Gasteiger partial charge in [-0.25, -0.2) is 9.97 Å². The minimum atomic E-state index is -0.131. The Bertz CT molecular complexity index is 1160. The normalized spacial score (nSPS) is 15.4. The minimum absolute atomic E-state index is 0.131. The third-order valence-electron chi connectivity index (χ3n) is 6.04. The van der Waals surface area contributed by atoms with E-state index in [-0.39, 0.29) is 6.10 Å². The van der Waals surface area contributed by atoms with Gasteiger partial charge in [-0.05, 0) is 36.1 Å². The van der Waals surface area contributed by atoms with Gasteiger partial charge in [-0.15, -0.1) is 0 Å². The molecule has 0 radical (unpaired) electrons. The number of pyridine rings is 2. The zero-order valence-corrected chi connectivity index (χ0v) is 17.6. The molecule has 0 aliphatic carbocycles. The van der Waals surface area contributed by atoms with Crippen molar-refractivity contribution in [2.45, 2.75) is 25.5 Å². The maximum Gasteiger partial charge on any atom is 0.212 e. The molecule has 4 aromatic rings. The van der Waals surface area contributed by atoms with Crippen LogP contribution in [0.4, 0.5) is 0 Å². The SMILES string of the molecule is COc1ccc(-c2c[nH]c3ncc(-c4ccc(CN5CCC(O)CC5)cc4)cc23)cn1. The lowest BCUT2D eigenvalue weighted by atomic mass is 10.0. The van der Waals surface area contributed by atoms with Crippen LogP contribution >= 0.6 is 0 Å². The number of aliphatic hydroxyl groups is 1. The molecule has 6 heteroatoms. The van der Waals surface area contributed by atoms with Crippen LogP contribution in [0.2, 0.25) is 0 Å². The highest BCUT2D eigenvalue weighted by Gasteiger charge is 2.17. The summed E-state index contributed by atoms with van der Waals surface area (Å²) >= 11 is 0. The molecule has 0 atom stereocenters. The first-order valence-corrected chi connectivity index (χ1v) is 10.7. The Morgan fingerprint density at radius 1 is 1.00 bits per heavy atom. The van der Waals surface area contributed by atoms with Gasteiger partial charge in [0.25, 0.3) is 0 Å².